The number of nitrogens with zero attached hydrogens (tertiary/aromatic N) is 5. The first-order valence-electron chi connectivity index (χ1n) is 9.35. The van der Waals surface area contributed by atoms with Crippen molar-refractivity contribution in [3.05, 3.63) is 56.5 Å². The van der Waals surface area contributed by atoms with E-state index in [1.165, 1.54) is 4.57 Å². The lowest BCUT2D eigenvalue weighted by Crippen LogP contribution is -2.39. The molecular formula is C20H23N5O4. The van der Waals surface area contributed by atoms with Crippen LogP contribution < -0.4 is 16.0 Å². The summed E-state index contributed by atoms with van der Waals surface area (Å²) < 4.78 is 11.6. The SMILES string of the molecule is COc1cccc(-n2c(C)c(C)n3c4c(=O)n(CCCO)c(=O)n(C)c4nc23)c1. The summed E-state index contributed by atoms with van der Waals surface area (Å²) >= 11 is 0. The number of aliphatic hydroxyl groups excluding tert-OH is 1. The molecule has 0 unspecified atom stereocenters. The van der Waals surface area contributed by atoms with Crippen molar-refractivity contribution in [3.63, 3.8) is 0 Å². The van der Waals surface area contributed by atoms with Crippen LogP contribution in [0, 0.1) is 13.8 Å². The molecule has 9 nitrogen and oxygen atoms in total. The van der Waals surface area contributed by atoms with Gasteiger partial charge in [-0.2, -0.15) is 4.98 Å². The van der Waals surface area contributed by atoms with Crippen LogP contribution in [-0.2, 0) is 13.6 Å². The maximum Gasteiger partial charge on any atom is 0.332 e. The lowest BCUT2D eigenvalue weighted by molar-refractivity contribution is 0.277. The van der Waals surface area contributed by atoms with E-state index in [4.69, 9.17) is 9.84 Å². The molecule has 3 aromatic heterocycles. The first-order chi connectivity index (χ1) is 13.9. The standard InChI is InChI=1S/C20H23N5O4/c1-12-13(2)25-16-17(22(3)20(28)23(18(16)27)9-6-10-26)21-19(25)24(12)14-7-5-8-15(11-14)29-4/h5,7-8,11,26H,6,9-10H2,1-4H3. The Labute approximate surface area is 166 Å². The van der Waals surface area contributed by atoms with Crippen LogP contribution in [0.5, 0.6) is 5.75 Å². The molecule has 1 N–H and O–H groups in total. The summed E-state index contributed by atoms with van der Waals surface area (Å²) in [5.74, 6) is 1.26. The van der Waals surface area contributed by atoms with Crippen molar-refractivity contribution in [2.75, 3.05) is 13.7 Å². The van der Waals surface area contributed by atoms with Crippen molar-refractivity contribution in [2.24, 2.45) is 7.05 Å². The number of rotatable bonds is 5. The quantitative estimate of drug-likeness (QED) is 0.545. The molecule has 0 radical (unpaired) electrons. The molecule has 0 atom stereocenters. The van der Waals surface area contributed by atoms with Crippen LogP contribution in [0.2, 0.25) is 0 Å². The number of aliphatic hydroxyl groups is 1. The molecule has 3 heterocycles. The number of methoxy groups -OCH3 is 1. The van der Waals surface area contributed by atoms with E-state index in [1.807, 2.05) is 42.7 Å². The van der Waals surface area contributed by atoms with Gasteiger partial charge in [0.1, 0.15) is 5.75 Å². The van der Waals surface area contributed by atoms with Gasteiger partial charge < -0.3 is 9.84 Å². The Morgan fingerprint density at radius 1 is 1.17 bits per heavy atom. The van der Waals surface area contributed by atoms with Gasteiger partial charge in [0.05, 0.1) is 12.8 Å². The van der Waals surface area contributed by atoms with Crippen LogP contribution in [0.25, 0.3) is 22.6 Å². The van der Waals surface area contributed by atoms with Gasteiger partial charge in [-0.05, 0) is 32.4 Å². The van der Waals surface area contributed by atoms with Gasteiger partial charge >= 0.3 is 5.69 Å². The van der Waals surface area contributed by atoms with Gasteiger partial charge in [-0.1, -0.05) is 6.07 Å². The molecule has 0 bridgehead atoms. The van der Waals surface area contributed by atoms with Gasteiger partial charge in [0.25, 0.3) is 5.56 Å². The Bertz CT molecular complexity index is 1360. The number of imidazole rings is 2. The van der Waals surface area contributed by atoms with E-state index < -0.39 is 11.2 Å². The van der Waals surface area contributed by atoms with Gasteiger partial charge in [0.2, 0.25) is 5.78 Å². The minimum absolute atomic E-state index is 0.0974. The second kappa shape index (κ2) is 6.93. The average Bonchev–Trinajstić information content (AvgIpc) is 3.22. The van der Waals surface area contributed by atoms with Crippen LogP contribution in [-0.4, -0.2) is 41.9 Å². The summed E-state index contributed by atoms with van der Waals surface area (Å²) in [6.45, 7) is 3.93. The van der Waals surface area contributed by atoms with Crippen molar-refractivity contribution in [2.45, 2.75) is 26.8 Å². The van der Waals surface area contributed by atoms with Crippen molar-refractivity contribution < 1.29 is 9.84 Å². The summed E-state index contributed by atoms with van der Waals surface area (Å²) in [5.41, 5.74) is 2.46. The third kappa shape index (κ3) is 2.69. The first kappa shape index (κ1) is 19.0. The van der Waals surface area contributed by atoms with Crippen molar-refractivity contribution in [3.8, 4) is 11.4 Å². The predicted octanol–water partition coefficient (Wildman–Crippen LogP) is 1.15. The Morgan fingerprint density at radius 2 is 1.93 bits per heavy atom. The zero-order chi connectivity index (χ0) is 20.9. The fourth-order valence-electron chi connectivity index (χ4n) is 3.74. The molecule has 1 aromatic carbocycles. The van der Waals surface area contributed by atoms with Gasteiger partial charge in [-0.25, -0.2) is 4.79 Å². The highest BCUT2D eigenvalue weighted by Crippen LogP contribution is 2.26. The predicted molar refractivity (Wildman–Crippen MR) is 109 cm³/mol. The molecular weight excluding hydrogens is 374 g/mol. The molecule has 0 saturated carbocycles. The maximum absolute atomic E-state index is 13.2. The van der Waals surface area contributed by atoms with E-state index >= 15 is 0 Å². The normalized spacial score (nSPS) is 11.6. The largest absolute Gasteiger partial charge is 0.497 e. The third-order valence-electron chi connectivity index (χ3n) is 5.37. The number of ether oxygens (including phenoxy) is 1. The fraction of sp³-hybridized carbons (Fsp3) is 0.350. The third-order valence-corrected chi connectivity index (χ3v) is 5.37. The van der Waals surface area contributed by atoms with E-state index in [0.717, 1.165) is 21.6 Å². The summed E-state index contributed by atoms with van der Waals surface area (Å²) in [5, 5.41) is 9.12. The second-order valence-corrected chi connectivity index (χ2v) is 7.00. The number of hydrogen-bond acceptors (Lipinski definition) is 5. The fourth-order valence-corrected chi connectivity index (χ4v) is 3.74. The number of hydrogen-bond donors (Lipinski definition) is 1. The number of aryl methyl sites for hydroxylation is 2. The number of fused-ring (bicyclic) bond motifs is 3. The van der Waals surface area contributed by atoms with Crippen LogP contribution >= 0.6 is 0 Å². The maximum atomic E-state index is 13.2. The van der Waals surface area contributed by atoms with E-state index in [1.54, 1.807) is 18.6 Å². The van der Waals surface area contributed by atoms with E-state index in [2.05, 4.69) is 4.98 Å². The monoisotopic (exact) mass is 397 g/mol. The minimum atomic E-state index is -0.445. The lowest BCUT2D eigenvalue weighted by atomic mass is 10.3. The van der Waals surface area contributed by atoms with E-state index in [0.29, 0.717) is 29.1 Å². The highest BCUT2D eigenvalue weighted by atomic mass is 16.5. The second-order valence-electron chi connectivity index (χ2n) is 7.00. The molecule has 29 heavy (non-hydrogen) atoms. The average molecular weight is 397 g/mol. The number of aromatic nitrogens is 5. The molecule has 0 amide bonds. The first-order valence-corrected chi connectivity index (χ1v) is 9.35. The summed E-state index contributed by atoms with van der Waals surface area (Å²) in [7, 11) is 3.21. The molecule has 0 aliphatic carbocycles. The van der Waals surface area contributed by atoms with Gasteiger partial charge in [0.15, 0.2) is 11.2 Å². The molecule has 0 aliphatic heterocycles. The lowest BCUT2D eigenvalue weighted by Gasteiger charge is -2.08. The van der Waals surface area contributed by atoms with E-state index in [9.17, 15) is 9.59 Å². The van der Waals surface area contributed by atoms with Gasteiger partial charge in [0, 0.05) is 37.7 Å². The minimum Gasteiger partial charge on any atom is -0.497 e. The summed E-state index contributed by atoms with van der Waals surface area (Å²) in [6.07, 6.45) is 0.325. The van der Waals surface area contributed by atoms with Crippen molar-refractivity contribution >= 4 is 16.9 Å². The molecule has 4 rings (SSSR count). The van der Waals surface area contributed by atoms with Crippen LogP contribution in [0.3, 0.4) is 0 Å². The topological polar surface area (TPSA) is 95.7 Å². The molecule has 0 aliphatic rings. The van der Waals surface area contributed by atoms with Crippen molar-refractivity contribution in [1.29, 1.82) is 0 Å². The Kier molecular flexibility index (Phi) is 4.54. The summed E-state index contributed by atoms with van der Waals surface area (Å²) in [4.78, 5) is 30.5. The Balaban J connectivity index is 2.12. The highest BCUT2D eigenvalue weighted by Gasteiger charge is 2.23. The molecule has 4 aromatic rings. The Morgan fingerprint density at radius 3 is 2.62 bits per heavy atom. The molecule has 0 spiro atoms. The zero-order valence-corrected chi connectivity index (χ0v) is 16.8. The Hall–Kier alpha value is -3.33. The number of benzene rings is 1. The van der Waals surface area contributed by atoms with E-state index in [-0.39, 0.29) is 13.2 Å². The smallest absolute Gasteiger partial charge is 0.332 e. The molecule has 0 fully saturated rings. The van der Waals surface area contributed by atoms with Crippen LogP contribution in [0.1, 0.15) is 17.8 Å². The highest BCUT2D eigenvalue weighted by molar-refractivity contribution is 5.77. The van der Waals surface area contributed by atoms with Gasteiger partial charge in [-0.15, -0.1) is 0 Å². The van der Waals surface area contributed by atoms with Crippen LogP contribution in [0.4, 0.5) is 0 Å². The van der Waals surface area contributed by atoms with Crippen LogP contribution in [0.15, 0.2) is 33.9 Å². The summed E-state index contributed by atoms with van der Waals surface area (Å²) in [6, 6.07) is 7.58. The molecule has 152 valence electrons. The van der Waals surface area contributed by atoms with Crippen molar-refractivity contribution in [1.82, 2.24) is 23.1 Å². The van der Waals surface area contributed by atoms with Gasteiger partial charge in [-0.3, -0.25) is 22.9 Å². The molecule has 0 saturated heterocycles. The molecule has 9 heteroatoms. The zero-order valence-electron chi connectivity index (χ0n) is 16.8.